The molecule has 0 aliphatic rings. The van der Waals surface area contributed by atoms with Gasteiger partial charge >= 0.3 is 11.9 Å². The van der Waals surface area contributed by atoms with E-state index in [-0.39, 0.29) is 30.9 Å². The molecule has 0 aromatic carbocycles. The monoisotopic (exact) mass is 661 g/mol. The fourth-order valence-electron chi connectivity index (χ4n) is 4.34. The van der Waals surface area contributed by atoms with Gasteiger partial charge in [-0.3, -0.25) is 14.4 Å². The molecular formula is C42H63NO5. The number of allylic oxidation sites excluding steroid dienone is 17. The topological polar surface area (TPSA) is 92.7 Å². The minimum atomic E-state index is -1.05. The van der Waals surface area contributed by atoms with Crippen molar-refractivity contribution in [2.24, 2.45) is 0 Å². The third-order valence-electron chi connectivity index (χ3n) is 6.92. The SMILES string of the molecule is CC/C=C\C/C=C\C/C=C\C/C=C\C/C=C\CCCC(=O)OC(/C=C\C/C=C\C/C=C\C/C=C\CC)CCCCCC(=O)NCC(=O)O. The van der Waals surface area contributed by atoms with Gasteiger partial charge in [0.1, 0.15) is 12.6 Å². The van der Waals surface area contributed by atoms with E-state index in [0.717, 1.165) is 83.5 Å². The summed E-state index contributed by atoms with van der Waals surface area (Å²) >= 11 is 0. The lowest BCUT2D eigenvalue weighted by Crippen LogP contribution is -2.28. The van der Waals surface area contributed by atoms with Gasteiger partial charge in [0.2, 0.25) is 5.91 Å². The Hall–Kier alpha value is -3.93. The zero-order valence-electron chi connectivity index (χ0n) is 29.8. The molecule has 0 aromatic rings. The molecule has 0 fully saturated rings. The van der Waals surface area contributed by atoms with Gasteiger partial charge in [-0.05, 0) is 96.0 Å². The van der Waals surface area contributed by atoms with Crippen LogP contribution in [0.2, 0.25) is 0 Å². The minimum Gasteiger partial charge on any atom is -0.480 e. The number of hydrogen-bond donors (Lipinski definition) is 2. The van der Waals surface area contributed by atoms with E-state index in [9.17, 15) is 14.4 Å². The highest BCUT2D eigenvalue weighted by molar-refractivity contribution is 5.80. The second-order valence-electron chi connectivity index (χ2n) is 11.4. The highest BCUT2D eigenvalue weighted by atomic mass is 16.5. The number of amides is 1. The highest BCUT2D eigenvalue weighted by Gasteiger charge is 2.11. The zero-order valence-corrected chi connectivity index (χ0v) is 29.8. The molecule has 1 atom stereocenters. The summed E-state index contributed by atoms with van der Waals surface area (Å²) in [4.78, 5) is 34.9. The number of ether oxygens (including phenoxy) is 1. The zero-order chi connectivity index (χ0) is 35.2. The molecule has 0 aliphatic carbocycles. The van der Waals surface area contributed by atoms with Crippen LogP contribution >= 0.6 is 0 Å². The molecule has 0 heterocycles. The Bertz CT molecular complexity index is 1090. The molecule has 0 radical (unpaired) electrons. The van der Waals surface area contributed by atoms with Crippen LogP contribution in [0.25, 0.3) is 0 Å². The van der Waals surface area contributed by atoms with E-state index in [2.05, 4.69) is 116 Å². The van der Waals surface area contributed by atoms with Crippen molar-refractivity contribution in [2.75, 3.05) is 6.54 Å². The number of unbranched alkanes of at least 4 members (excludes halogenated alkanes) is 3. The summed E-state index contributed by atoms with van der Waals surface area (Å²) in [6.07, 6.45) is 52.1. The lowest BCUT2D eigenvalue weighted by atomic mass is 10.1. The number of carbonyl (C=O) groups excluding carboxylic acids is 2. The Morgan fingerprint density at radius 1 is 0.562 bits per heavy atom. The van der Waals surface area contributed by atoms with E-state index in [4.69, 9.17) is 9.84 Å². The molecule has 0 aromatic heterocycles. The molecule has 0 saturated heterocycles. The van der Waals surface area contributed by atoms with E-state index < -0.39 is 5.97 Å². The van der Waals surface area contributed by atoms with Gasteiger partial charge in [0.25, 0.3) is 0 Å². The van der Waals surface area contributed by atoms with Crippen molar-refractivity contribution in [3.8, 4) is 0 Å². The average molecular weight is 662 g/mol. The van der Waals surface area contributed by atoms with Crippen LogP contribution in [0.5, 0.6) is 0 Å². The first-order valence-electron chi connectivity index (χ1n) is 18.0. The van der Waals surface area contributed by atoms with Crippen LogP contribution in [0.1, 0.15) is 123 Å². The van der Waals surface area contributed by atoms with Crippen molar-refractivity contribution in [3.05, 3.63) is 109 Å². The van der Waals surface area contributed by atoms with Crippen LogP contribution in [0.15, 0.2) is 109 Å². The number of esters is 1. The largest absolute Gasteiger partial charge is 0.480 e. The van der Waals surface area contributed by atoms with E-state index in [1.165, 1.54) is 0 Å². The summed E-state index contributed by atoms with van der Waals surface area (Å²) in [5, 5.41) is 11.1. The van der Waals surface area contributed by atoms with Gasteiger partial charge in [0, 0.05) is 12.8 Å². The van der Waals surface area contributed by atoms with Crippen molar-refractivity contribution < 1.29 is 24.2 Å². The second-order valence-corrected chi connectivity index (χ2v) is 11.4. The van der Waals surface area contributed by atoms with Crippen LogP contribution in [-0.4, -0.2) is 35.6 Å². The van der Waals surface area contributed by atoms with Crippen molar-refractivity contribution in [1.82, 2.24) is 5.32 Å². The van der Waals surface area contributed by atoms with Crippen molar-refractivity contribution in [2.45, 2.75) is 129 Å². The molecule has 1 unspecified atom stereocenters. The molecular weight excluding hydrogens is 598 g/mol. The molecule has 0 saturated carbocycles. The van der Waals surface area contributed by atoms with Gasteiger partial charge in [0.15, 0.2) is 0 Å². The smallest absolute Gasteiger partial charge is 0.322 e. The summed E-state index contributed by atoms with van der Waals surface area (Å²) in [7, 11) is 0. The van der Waals surface area contributed by atoms with Crippen LogP contribution in [0, 0.1) is 0 Å². The predicted molar refractivity (Wildman–Crippen MR) is 203 cm³/mol. The fraction of sp³-hybridized carbons (Fsp3) is 0.500. The fourth-order valence-corrected chi connectivity index (χ4v) is 4.34. The molecule has 48 heavy (non-hydrogen) atoms. The minimum absolute atomic E-state index is 0.192. The summed E-state index contributed by atoms with van der Waals surface area (Å²) in [6, 6.07) is 0. The van der Waals surface area contributed by atoms with Gasteiger partial charge in [-0.25, -0.2) is 0 Å². The molecule has 266 valence electrons. The summed E-state index contributed by atoms with van der Waals surface area (Å²) < 4.78 is 5.80. The van der Waals surface area contributed by atoms with E-state index in [1.54, 1.807) is 0 Å². The number of nitrogens with one attached hydrogen (secondary N) is 1. The molecule has 6 nitrogen and oxygen atoms in total. The molecule has 2 N–H and O–H groups in total. The Morgan fingerprint density at radius 2 is 1.02 bits per heavy atom. The Morgan fingerprint density at radius 3 is 1.50 bits per heavy atom. The van der Waals surface area contributed by atoms with Gasteiger partial charge in [-0.2, -0.15) is 0 Å². The quantitative estimate of drug-likeness (QED) is 0.0454. The molecule has 1 amide bonds. The molecule has 0 bridgehead atoms. The number of aliphatic carboxylic acids is 1. The van der Waals surface area contributed by atoms with E-state index in [1.807, 2.05) is 12.2 Å². The first-order valence-corrected chi connectivity index (χ1v) is 18.0. The van der Waals surface area contributed by atoms with E-state index in [0.29, 0.717) is 19.3 Å². The first-order chi connectivity index (χ1) is 23.5. The average Bonchev–Trinajstić information content (AvgIpc) is 3.07. The third kappa shape index (κ3) is 34.9. The van der Waals surface area contributed by atoms with Gasteiger partial charge in [-0.15, -0.1) is 0 Å². The third-order valence-corrected chi connectivity index (χ3v) is 6.92. The Balaban J connectivity index is 4.46. The van der Waals surface area contributed by atoms with Crippen LogP contribution < -0.4 is 5.32 Å². The van der Waals surface area contributed by atoms with Crippen molar-refractivity contribution >= 4 is 17.8 Å². The Labute approximate surface area is 291 Å². The van der Waals surface area contributed by atoms with Gasteiger partial charge in [0.05, 0.1) is 0 Å². The number of carbonyl (C=O) groups is 3. The number of carboxylic acids is 1. The maximum Gasteiger partial charge on any atom is 0.322 e. The van der Waals surface area contributed by atoms with Gasteiger partial charge in [-0.1, -0.05) is 124 Å². The van der Waals surface area contributed by atoms with Crippen LogP contribution in [0.3, 0.4) is 0 Å². The number of rotatable bonds is 30. The molecule has 0 aliphatic heterocycles. The lowest BCUT2D eigenvalue weighted by Gasteiger charge is -2.14. The van der Waals surface area contributed by atoms with Crippen molar-refractivity contribution in [3.63, 3.8) is 0 Å². The Kier molecular flexibility index (Phi) is 33.0. The molecule has 0 spiro atoms. The number of carboxylic acid groups (broad SMARTS) is 1. The van der Waals surface area contributed by atoms with Crippen LogP contribution in [-0.2, 0) is 19.1 Å². The standard InChI is InChI=1S/C42H63NO5/c1-3-5-7-9-11-13-15-16-17-18-19-20-22-24-26-28-33-37-42(47)48-39(35-31-29-32-36-40(44)43-38-41(45)46)34-30-27-25-23-21-14-12-10-8-6-4-2/h5-8,11-14,16-17,19-20,23-26,30,34,39H,3-4,9-10,15,18,21-22,27-29,31-33,35-38H2,1-2H3,(H,43,44)(H,45,46)/b7-5-,8-6-,13-11-,14-12-,17-16-,20-19-,25-23-,26-24-,34-30-. The van der Waals surface area contributed by atoms with Gasteiger partial charge < -0.3 is 15.2 Å². The summed E-state index contributed by atoms with van der Waals surface area (Å²) in [5.41, 5.74) is 0. The highest BCUT2D eigenvalue weighted by Crippen LogP contribution is 2.13. The summed E-state index contributed by atoms with van der Waals surface area (Å²) in [5.74, 6) is -1.50. The normalized spacial score (nSPS) is 13.4. The summed E-state index contributed by atoms with van der Waals surface area (Å²) in [6.45, 7) is 3.92. The predicted octanol–water partition coefficient (Wildman–Crippen LogP) is 10.8. The first kappa shape index (κ1) is 44.1. The number of hydrogen-bond acceptors (Lipinski definition) is 4. The van der Waals surface area contributed by atoms with E-state index >= 15 is 0 Å². The van der Waals surface area contributed by atoms with Crippen molar-refractivity contribution in [1.29, 1.82) is 0 Å². The molecule has 6 heteroatoms. The molecule has 0 rings (SSSR count). The maximum atomic E-state index is 12.6. The lowest BCUT2D eigenvalue weighted by molar-refractivity contribution is -0.147. The van der Waals surface area contributed by atoms with Crippen LogP contribution in [0.4, 0.5) is 0 Å². The second kappa shape index (κ2) is 35.9. The maximum absolute atomic E-state index is 12.6.